The molecule has 0 saturated heterocycles. The maximum Gasteiger partial charge on any atom is 0.0124 e. The predicted molar refractivity (Wildman–Crippen MR) is 83.2 cm³/mol. The smallest absolute Gasteiger partial charge is 0.0124 e. The first-order chi connectivity index (χ1) is 9.92. The molecule has 0 fully saturated rings. The molecule has 20 heavy (non-hydrogen) atoms. The molecular formula is C18H10N2-2. The van der Waals surface area contributed by atoms with Crippen LogP contribution >= 0.6 is 0 Å². The zero-order valence-electron chi connectivity index (χ0n) is 10.7. The minimum Gasteiger partial charge on any atom is -0.385 e. The Hall–Kier alpha value is -2.74. The average Bonchev–Trinajstić information content (AvgIpc) is 2.90. The molecule has 3 aromatic carbocycles. The molecule has 0 bridgehead atoms. The Morgan fingerprint density at radius 3 is 1.80 bits per heavy atom. The van der Waals surface area contributed by atoms with Crippen molar-refractivity contribution >= 4 is 43.4 Å². The standard InChI is InChI=1S/C18H10N2/c1-3-13-9-11-5-6-12-10-14-4-2-8-20-18(14)16(15(11)12)17(13)19-7-1/h1-10H/q-2. The van der Waals surface area contributed by atoms with Gasteiger partial charge in [-0.15, -0.1) is 16.2 Å². The van der Waals surface area contributed by atoms with Gasteiger partial charge in [0, 0.05) is 6.20 Å². The quantitative estimate of drug-likeness (QED) is 0.300. The van der Waals surface area contributed by atoms with Crippen LogP contribution < -0.4 is 0 Å². The molecule has 0 saturated carbocycles. The maximum absolute atomic E-state index is 4.60. The highest BCUT2D eigenvalue weighted by Gasteiger charge is 2.02. The van der Waals surface area contributed by atoms with Crippen molar-refractivity contribution in [2.45, 2.75) is 0 Å². The Morgan fingerprint density at radius 1 is 0.700 bits per heavy atom. The zero-order valence-corrected chi connectivity index (χ0v) is 10.7. The van der Waals surface area contributed by atoms with Crippen molar-refractivity contribution in [1.29, 1.82) is 0 Å². The van der Waals surface area contributed by atoms with Crippen LogP contribution in [0.3, 0.4) is 0 Å². The second-order valence-corrected chi connectivity index (χ2v) is 5.17. The Bertz CT molecular complexity index is 1010. The van der Waals surface area contributed by atoms with E-state index in [1.54, 1.807) is 0 Å². The number of aromatic nitrogens is 2. The Morgan fingerprint density at radius 2 is 1.25 bits per heavy atom. The summed E-state index contributed by atoms with van der Waals surface area (Å²) in [5, 5.41) is 7.33. The highest BCUT2D eigenvalue weighted by Crippen LogP contribution is 2.37. The van der Waals surface area contributed by atoms with E-state index in [2.05, 4.69) is 46.4 Å². The van der Waals surface area contributed by atoms with Crippen LogP contribution in [0.15, 0.2) is 60.9 Å². The van der Waals surface area contributed by atoms with Gasteiger partial charge < -0.3 is 9.97 Å². The fourth-order valence-corrected chi connectivity index (χ4v) is 3.21. The molecule has 2 nitrogen and oxygen atoms in total. The van der Waals surface area contributed by atoms with E-state index >= 15 is 0 Å². The van der Waals surface area contributed by atoms with Crippen LogP contribution in [-0.2, 0) is 0 Å². The fourth-order valence-electron chi connectivity index (χ4n) is 3.21. The lowest BCUT2D eigenvalue weighted by molar-refractivity contribution is 1.41. The predicted octanol–water partition coefficient (Wildman–Crippen LogP) is 4.53. The minimum atomic E-state index is 1.04. The molecule has 0 N–H and O–H groups in total. The van der Waals surface area contributed by atoms with Crippen LogP contribution in [-0.4, -0.2) is 9.97 Å². The Kier molecular flexibility index (Phi) is 1.73. The SMILES string of the molecule is c1cn[c-]2c(c1)cc1ccc3cc4cccn[c-]4c2c13. The van der Waals surface area contributed by atoms with E-state index in [0.29, 0.717) is 0 Å². The highest BCUT2D eigenvalue weighted by molar-refractivity contribution is 6.29. The molecule has 2 heterocycles. The van der Waals surface area contributed by atoms with Crippen molar-refractivity contribution in [3.8, 4) is 0 Å². The molecule has 0 aliphatic rings. The molecule has 0 amide bonds. The van der Waals surface area contributed by atoms with Crippen LogP contribution in [0.5, 0.6) is 0 Å². The van der Waals surface area contributed by atoms with Gasteiger partial charge in [0.25, 0.3) is 0 Å². The number of hydrogen-bond donors (Lipinski definition) is 0. The molecule has 0 aliphatic heterocycles. The van der Waals surface area contributed by atoms with Crippen LogP contribution in [0.2, 0.25) is 0 Å². The molecule has 5 aromatic rings. The summed E-state index contributed by atoms with van der Waals surface area (Å²) in [6, 6.07) is 17.0. The van der Waals surface area contributed by atoms with Crippen LogP contribution in [0.25, 0.3) is 43.4 Å². The third-order valence-electron chi connectivity index (χ3n) is 4.04. The van der Waals surface area contributed by atoms with Crippen LogP contribution in [0.4, 0.5) is 0 Å². The summed E-state index contributed by atoms with van der Waals surface area (Å²) in [4.78, 5) is 9.20. The largest absolute Gasteiger partial charge is 0.385 e. The van der Waals surface area contributed by atoms with Gasteiger partial charge in [-0.2, -0.15) is 23.6 Å². The summed E-state index contributed by atoms with van der Waals surface area (Å²) in [6.45, 7) is 0. The minimum absolute atomic E-state index is 1.04. The van der Waals surface area contributed by atoms with E-state index in [9.17, 15) is 0 Å². The lowest BCUT2D eigenvalue weighted by Crippen LogP contribution is -1.86. The summed E-state index contributed by atoms with van der Waals surface area (Å²) in [5.41, 5.74) is 2.08. The number of nitrogens with zero attached hydrogens (tertiary/aromatic N) is 2. The van der Waals surface area contributed by atoms with Gasteiger partial charge in [-0.3, -0.25) is 0 Å². The van der Waals surface area contributed by atoms with Gasteiger partial charge in [-0.25, -0.2) is 0 Å². The van der Waals surface area contributed by atoms with E-state index in [4.69, 9.17) is 0 Å². The summed E-state index contributed by atoms with van der Waals surface area (Å²) >= 11 is 0. The first-order valence-corrected chi connectivity index (χ1v) is 6.69. The van der Waals surface area contributed by atoms with Gasteiger partial charge in [0.15, 0.2) is 0 Å². The summed E-state index contributed by atoms with van der Waals surface area (Å²) < 4.78 is 0. The molecule has 5 rings (SSSR count). The van der Waals surface area contributed by atoms with E-state index < -0.39 is 0 Å². The van der Waals surface area contributed by atoms with Gasteiger partial charge in [0.05, 0.1) is 0 Å². The van der Waals surface area contributed by atoms with Crippen molar-refractivity contribution in [1.82, 2.24) is 9.97 Å². The monoisotopic (exact) mass is 254 g/mol. The molecule has 94 valence electrons. The van der Waals surface area contributed by atoms with Crippen molar-refractivity contribution < 1.29 is 0 Å². The van der Waals surface area contributed by atoms with Gasteiger partial charge in [0.1, 0.15) is 0 Å². The first kappa shape index (κ1) is 10.1. The first-order valence-electron chi connectivity index (χ1n) is 6.69. The summed E-state index contributed by atoms with van der Waals surface area (Å²) in [6.07, 6.45) is 3.71. The van der Waals surface area contributed by atoms with E-state index in [1.807, 2.05) is 24.5 Å². The molecule has 0 radical (unpaired) electrons. The lowest BCUT2D eigenvalue weighted by atomic mass is 9.99. The molecule has 0 atom stereocenters. The number of benzene rings is 2. The number of rotatable bonds is 0. The highest BCUT2D eigenvalue weighted by atomic mass is 14.7. The average molecular weight is 254 g/mol. The van der Waals surface area contributed by atoms with Crippen molar-refractivity contribution in [2.24, 2.45) is 0 Å². The fraction of sp³-hybridized carbons (Fsp3) is 0. The van der Waals surface area contributed by atoms with Crippen LogP contribution in [0, 0.1) is 0 Å². The van der Waals surface area contributed by atoms with Gasteiger partial charge in [-0.05, 0) is 11.6 Å². The topological polar surface area (TPSA) is 25.8 Å². The molecule has 0 unspecified atom stereocenters. The van der Waals surface area contributed by atoms with E-state index in [-0.39, 0.29) is 0 Å². The molecule has 2 aromatic heterocycles. The third-order valence-corrected chi connectivity index (χ3v) is 4.04. The third kappa shape index (κ3) is 1.14. The molecule has 2 heteroatoms. The van der Waals surface area contributed by atoms with Gasteiger partial charge in [0.2, 0.25) is 0 Å². The van der Waals surface area contributed by atoms with Gasteiger partial charge >= 0.3 is 0 Å². The number of hydrogen-bond acceptors (Lipinski definition) is 2. The molecule has 0 aliphatic carbocycles. The second kappa shape index (κ2) is 3.42. The van der Waals surface area contributed by atoms with Crippen molar-refractivity contribution in [2.75, 3.05) is 0 Å². The summed E-state index contributed by atoms with van der Waals surface area (Å²) in [7, 11) is 0. The molecule has 0 spiro atoms. The lowest BCUT2D eigenvalue weighted by Gasteiger charge is -2.19. The Labute approximate surface area is 115 Å². The number of pyridine rings is 2. The zero-order chi connectivity index (χ0) is 13.1. The normalized spacial score (nSPS) is 12.0. The van der Waals surface area contributed by atoms with Crippen LogP contribution in [0.1, 0.15) is 0 Å². The van der Waals surface area contributed by atoms with Gasteiger partial charge in [-0.1, -0.05) is 46.8 Å². The van der Waals surface area contributed by atoms with E-state index in [1.165, 1.54) is 32.3 Å². The second-order valence-electron chi connectivity index (χ2n) is 5.17. The summed E-state index contributed by atoms with van der Waals surface area (Å²) in [5.74, 6) is 0. The number of fused-ring (bicyclic) bond motifs is 4. The maximum atomic E-state index is 4.60. The van der Waals surface area contributed by atoms with Crippen molar-refractivity contribution in [3.63, 3.8) is 0 Å². The van der Waals surface area contributed by atoms with Crippen molar-refractivity contribution in [3.05, 3.63) is 60.9 Å². The van der Waals surface area contributed by atoms with E-state index in [0.717, 1.165) is 11.0 Å². The molecular weight excluding hydrogens is 244 g/mol. The Balaban J connectivity index is 2.27.